The Labute approximate surface area is 356 Å². The summed E-state index contributed by atoms with van der Waals surface area (Å²) in [5, 5.41) is 0. The summed E-state index contributed by atoms with van der Waals surface area (Å²) in [7, 11) is 0. The second-order valence-electron chi connectivity index (χ2n) is 15.9. The minimum Gasteiger partial charge on any atom is -0.494 e. The summed E-state index contributed by atoms with van der Waals surface area (Å²) in [4.78, 5) is 38.4. The van der Waals surface area contributed by atoms with Crippen molar-refractivity contribution in [2.45, 2.75) is 119 Å². The highest BCUT2D eigenvalue weighted by atomic mass is 32.1. The molecule has 0 bridgehead atoms. The summed E-state index contributed by atoms with van der Waals surface area (Å²) in [5.41, 5.74) is 4.92. The molecule has 0 aliphatic carbocycles. The predicted octanol–water partition coefficient (Wildman–Crippen LogP) is 13.7. The van der Waals surface area contributed by atoms with Gasteiger partial charge in [0.2, 0.25) is 0 Å². The highest BCUT2D eigenvalue weighted by Gasteiger charge is 2.50. The van der Waals surface area contributed by atoms with Crippen LogP contribution >= 0.6 is 22.7 Å². The van der Waals surface area contributed by atoms with Crippen LogP contribution < -0.4 is 9.47 Å². The normalized spacial score (nSPS) is 15.2. The van der Waals surface area contributed by atoms with Crippen molar-refractivity contribution in [2.24, 2.45) is 11.8 Å². The summed E-state index contributed by atoms with van der Waals surface area (Å²) in [6, 6.07) is 25.1. The molecule has 8 heteroatoms. The standard InChI is InChI=1S/C50H64N2O4S2/c1-7-13-17-35(11-5)33-51-47(43-29-27-41(57-43)37-19-23-39(24-20-37)55-31-15-9-3)45-46(49(51)53)48(52(50(45)54)34-36(12-6)18-14-8-2)44-30-28-42(58-44)38-21-25-40(26-22-38)56-32-16-10-4/h19-30,35-36H,7-18,31-34H2,1-6H3. The molecule has 4 aromatic rings. The van der Waals surface area contributed by atoms with Crippen LogP contribution in [0.25, 0.3) is 32.3 Å². The molecule has 2 aromatic heterocycles. The zero-order chi connectivity index (χ0) is 41.0. The van der Waals surface area contributed by atoms with Gasteiger partial charge in [0.15, 0.2) is 0 Å². The number of fused-ring (bicyclic) bond motifs is 1. The molecule has 0 spiro atoms. The molecule has 0 radical (unpaired) electrons. The quantitative estimate of drug-likeness (QED) is 0.0661. The lowest BCUT2D eigenvalue weighted by atomic mass is 9.98. The van der Waals surface area contributed by atoms with Crippen molar-refractivity contribution in [3.05, 3.63) is 93.7 Å². The highest BCUT2D eigenvalue weighted by molar-refractivity contribution is 7.17. The fourth-order valence-electron chi connectivity index (χ4n) is 7.95. The first-order valence-electron chi connectivity index (χ1n) is 22.1. The number of amides is 2. The minimum absolute atomic E-state index is 0.0422. The average Bonchev–Trinajstić information content (AvgIpc) is 4.04. The van der Waals surface area contributed by atoms with Gasteiger partial charge in [-0.2, -0.15) is 0 Å². The van der Waals surface area contributed by atoms with E-state index in [4.69, 9.17) is 9.47 Å². The molecule has 58 heavy (non-hydrogen) atoms. The fourth-order valence-corrected chi connectivity index (χ4v) is 10.1. The van der Waals surface area contributed by atoms with E-state index in [1.807, 2.05) is 34.1 Å². The lowest BCUT2D eigenvalue weighted by molar-refractivity contribution is -0.124. The summed E-state index contributed by atoms with van der Waals surface area (Å²) in [6.45, 7) is 15.9. The number of nitrogens with zero attached hydrogens (tertiary/aromatic N) is 2. The Hall–Kier alpha value is -4.14. The lowest BCUT2D eigenvalue weighted by Crippen LogP contribution is -2.34. The van der Waals surface area contributed by atoms with Gasteiger partial charge in [-0.3, -0.25) is 9.59 Å². The fraction of sp³-hybridized carbons (Fsp3) is 0.480. The number of carbonyl (C=O) groups excluding carboxylic acids is 2. The van der Waals surface area contributed by atoms with Gasteiger partial charge in [0.05, 0.1) is 45.5 Å². The number of ether oxygens (including phenoxy) is 2. The van der Waals surface area contributed by atoms with Crippen LogP contribution in [0.1, 0.15) is 128 Å². The first-order chi connectivity index (χ1) is 28.3. The Balaban J connectivity index is 1.44. The largest absolute Gasteiger partial charge is 0.494 e. The third kappa shape index (κ3) is 9.99. The van der Waals surface area contributed by atoms with Crippen LogP contribution in [-0.2, 0) is 9.59 Å². The summed E-state index contributed by atoms with van der Waals surface area (Å²) in [6.07, 6.45) is 12.8. The lowest BCUT2D eigenvalue weighted by Gasteiger charge is -2.29. The molecule has 2 aliphatic rings. The summed E-state index contributed by atoms with van der Waals surface area (Å²) >= 11 is 3.33. The van der Waals surface area contributed by atoms with Crippen molar-refractivity contribution in [2.75, 3.05) is 26.3 Å². The molecule has 2 amide bonds. The third-order valence-electron chi connectivity index (χ3n) is 11.6. The van der Waals surface area contributed by atoms with Crippen molar-refractivity contribution in [1.29, 1.82) is 0 Å². The minimum atomic E-state index is -0.0422. The number of rotatable bonds is 24. The van der Waals surface area contributed by atoms with E-state index in [2.05, 4.69) is 90.1 Å². The van der Waals surface area contributed by atoms with Gasteiger partial charge in [-0.25, -0.2) is 0 Å². The van der Waals surface area contributed by atoms with E-state index in [9.17, 15) is 0 Å². The Bertz CT molecular complexity index is 1880. The van der Waals surface area contributed by atoms with Crippen LogP contribution in [0.5, 0.6) is 11.5 Å². The zero-order valence-electron chi connectivity index (χ0n) is 35.7. The van der Waals surface area contributed by atoms with Crippen molar-refractivity contribution in [3.63, 3.8) is 0 Å². The maximum absolute atomic E-state index is 15.2. The molecule has 0 N–H and O–H groups in total. The first kappa shape index (κ1) is 43.4. The second kappa shape index (κ2) is 21.2. The number of hydrogen-bond donors (Lipinski definition) is 0. The molecule has 6 rings (SSSR count). The van der Waals surface area contributed by atoms with Crippen LogP contribution in [-0.4, -0.2) is 47.9 Å². The molecule has 6 nitrogen and oxygen atoms in total. The zero-order valence-corrected chi connectivity index (χ0v) is 37.4. The van der Waals surface area contributed by atoms with Gasteiger partial charge in [-0.15, -0.1) is 22.7 Å². The van der Waals surface area contributed by atoms with Gasteiger partial charge in [0.1, 0.15) is 11.5 Å². The topological polar surface area (TPSA) is 59.1 Å². The van der Waals surface area contributed by atoms with Crippen LogP contribution in [0.2, 0.25) is 0 Å². The molecule has 0 fully saturated rings. The van der Waals surface area contributed by atoms with Crippen molar-refractivity contribution in [1.82, 2.24) is 9.80 Å². The Kier molecular flexibility index (Phi) is 15.9. The first-order valence-corrected chi connectivity index (χ1v) is 23.8. The van der Waals surface area contributed by atoms with E-state index in [1.165, 1.54) is 0 Å². The molecule has 2 unspecified atom stereocenters. The SMILES string of the molecule is CCCCOc1ccc(-c2ccc(C3=C4C(=O)N(CC(CC)CCCC)C(c5ccc(-c6ccc(OCCCC)cc6)s5)=C4C(=O)N3CC(CC)CCCC)s2)cc1. The average molecular weight is 821 g/mol. The van der Waals surface area contributed by atoms with Gasteiger partial charge in [-0.05, 0) is 121 Å². The third-order valence-corrected chi connectivity index (χ3v) is 13.9. The maximum Gasteiger partial charge on any atom is 0.261 e. The van der Waals surface area contributed by atoms with E-state index in [0.29, 0.717) is 49.3 Å². The van der Waals surface area contributed by atoms with E-state index in [1.54, 1.807) is 22.7 Å². The molecular weight excluding hydrogens is 757 g/mol. The predicted molar refractivity (Wildman–Crippen MR) is 244 cm³/mol. The highest BCUT2D eigenvalue weighted by Crippen LogP contribution is 2.50. The van der Waals surface area contributed by atoms with Gasteiger partial charge in [0.25, 0.3) is 11.8 Å². The van der Waals surface area contributed by atoms with E-state index < -0.39 is 0 Å². The monoisotopic (exact) mass is 820 g/mol. The molecule has 2 aromatic carbocycles. The van der Waals surface area contributed by atoms with Gasteiger partial charge in [-0.1, -0.05) is 92.9 Å². The van der Waals surface area contributed by atoms with Crippen LogP contribution in [0, 0.1) is 11.8 Å². The number of hydrogen-bond acceptors (Lipinski definition) is 6. The molecule has 0 saturated carbocycles. The van der Waals surface area contributed by atoms with Crippen LogP contribution in [0.15, 0.2) is 83.9 Å². The van der Waals surface area contributed by atoms with Gasteiger partial charge < -0.3 is 19.3 Å². The van der Waals surface area contributed by atoms with Gasteiger partial charge in [0, 0.05) is 22.8 Å². The maximum atomic E-state index is 15.2. The van der Waals surface area contributed by atoms with Crippen LogP contribution in [0.4, 0.5) is 0 Å². The molecule has 0 saturated heterocycles. The molecule has 2 aliphatic heterocycles. The van der Waals surface area contributed by atoms with Crippen molar-refractivity contribution >= 4 is 45.9 Å². The summed E-state index contributed by atoms with van der Waals surface area (Å²) in [5.74, 6) is 2.34. The molecule has 2 atom stereocenters. The van der Waals surface area contributed by atoms with E-state index >= 15 is 9.59 Å². The Morgan fingerprint density at radius 2 is 0.845 bits per heavy atom. The van der Waals surface area contributed by atoms with Crippen molar-refractivity contribution < 1.29 is 19.1 Å². The Morgan fingerprint density at radius 1 is 0.483 bits per heavy atom. The smallest absolute Gasteiger partial charge is 0.261 e. The molecular formula is C50H64N2O4S2. The molecule has 310 valence electrons. The van der Waals surface area contributed by atoms with E-state index in [-0.39, 0.29) is 11.8 Å². The summed E-state index contributed by atoms with van der Waals surface area (Å²) < 4.78 is 11.9. The Morgan fingerprint density at radius 3 is 1.19 bits per heavy atom. The number of benzene rings is 2. The second-order valence-corrected chi connectivity index (χ2v) is 18.1. The van der Waals surface area contributed by atoms with E-state index in [0.717, 1.165) is 131 Å². The van der Waals surface area contributed by atoms with Crippen LogP contribution in [0.3, 0.4) is 0 Å². The van der Waals surface area contributed by atoms with Gasteiger partial charge >= 0.3 is 0 Å². The number of unbranched alkanes of at least 4 members (excludes halogenated alkanes) is 4. The number of thiophene rings is 2. The van der Waals surface area contributed by atoms with Crippen molar-refractivity contribution in [3.8, 4) is 32.4 Å². The molecule has 4 heterocycles. The number of carbonyl (C=O) groups is 2.